The second-order valence-corrected chi connectivity index (χ2v) is 5.84. The number of hydrogen-bond acceptors (Lipinski definition) is 3. The number of aryl methyl sites for hydroxylation is 1. The standard InChI is InChI=1S/C18H25NO2/c1-3-10-19-18(13-9-11-20-12-13)17-14-7-5-6-8-16(14)21-15(17)4-2/h5-8,13,18-19H,3-4,9-12H2,1-2H3. The van der Waals surface area contributed by atoms with Crippen molar-refractivity contribution in [3.05, 3.63) is 35.6 Å². The van der Waals surface area contributed by atoms with Gasteiger partial charge in [-0.15, -0.1) is 0 Å². The van der Waals surface area contributed by atoms with Gasteiger partial charge in [-0.1, -0.05) is 32.0 Å². The zero-order valence-electron chi connectivity index (χ0n) is 13.0. The Morgan fingerprint density at radius 3 is 2.86 bits per heavy atom. The van der Waals surface area contributed by atoms with Gasteiger partial charge >= 0.3 is 0 Å². The highest BCUT2D eigenvalue weighted by molar-refractivity contribution is 5.82. The van der Waals surface area contributed by atoms with Crippen LogP contribution in [-0.2, 0) is 11.2 Å². The molecule has 1 aromatic heterocycles. The molecule has 1 aliphatic rings. The van der Waals surface area contributed by atoms with E-state index in [1.165, 1.54) is 10.9 Å². The third kappa shape index (κ3) is 2.85. The first-order valence-corrected chi connectivity index (χ1v) is 8.16. The number of ether oxygens (including phenoxy) is 1. The highest BCUT2D eigenvalue weighted by Gasteiger charge is 2.31. The smallest absolute Gasteiger partial charge is 0.134 e. The largest absolute Gasteiger partial charge is 0.461 e. The molecule has 2 aromatic rings. The van der Waals surface area contributed by atoms with Gasteiger partial charge in [0, 0.05) is 35.9 Å². The van der Waals surface area contributed by atoms with Gasteiger partial charge in [0.1, 0.15) is 11.3 Å². The molecule has 1 N–H and O–H groups in total. The maximum Gasteiger partial charge on any atom is 0.134 e. The number of fused-ring (bicyclic) bond motifs is 1. The van der Waals surface area contributed by atoms with E-state index in [4.69, 9.17) is 9.15 Å². The molecule has 0 amide bonds. The first-order chi connectivity index (χ1) is 10.3. The molecule has 3 nitrogen and oxygen atoms in total. The van der Waals surface area contributed by atoms with Crippen LogP contribution in [0.5, 0.6) is 0 Å². The van der Waals surface area contributed by atoms with E-state index >= 15 is 0 Å². The molecule has 1 aliphatic heterocycles. The fourth-order valence-corrected chi connectivity index (χ4v) is 3.34. The Labute approximate surface area is 126 Å². The second-order valence-electron chi connectivity index (χ2n) is 5.84. The van der Waals surface area contributed by atoms with Crippen LogP contribution in [-0.4, -0.2) is 19.8 Å². The van der Waals surface area contributed by atoms with Gasteiger partial charge in [-0.3, -0.25) is 0 Å². The van der Waals surface area contributed by atoms with Gasteiger partial charge < -0.3 is 14.5 Å². The lowest BCUT2D eigenvalue weighted by atomic mass is 9.89. The highest BCUT2D eigenvalue weighted by atomic mass is 16.5. The topological polar surface area (TPSA) is 34.4 Å². The van der Waals surface area contributed by atoms with Crippen molar-refractivity contribution in [2.45, 2.75) is 39.2 Å². The Hall–Kier alpha value is -1.32. The monoisotopic (exact) mass is 287 g/mol. The van der Waals surface area contributed by atoms with Crippen LogP contribution in [0.15, 0.2) is 28.7 Å². The Balaban J connectivity index is 2.04. The van der Waals surface area contributed by atoms with Crippen molar-refractivity contribution in [3.63, 3.8) is 0 Å². The Morgan fingerprint density at radius 1 is 1.29 bits per heavy atom. The van der Waals surface area contributed by atoms with Crippen LogP contribution in [0.3, 0.4) is 0 Å². The lowest BCUT2D eigenvalue weighted by Crippen LogP contribution is -2.30. The third-order valence-electron chi connectivity index (χ3n) is 4.39. The Kier molecular flexibility index (Phi) is 4.61. The summed E-state index contributed by atoms with van der Waals surface area (Å²) in [6, 6.07) is 8.74. The molecule has 0 spiro atoms. The summed E-state index contributed by atoms with van der Waals surface area (Å²) in [5.41, 5.74) is 2.36. The number of benzene rings is 1. The molecule has 2 unspecified atom stereocenters. The Bertz CT molecular complexity index is 584. The zero-order chi connectivity index (χ0) is 14.7. The van der Waals surface area contributed by atoms with Crippen LogP contribution in [0.4, 0.5) is 0 Å². The van der Waals surface area contributed by atoms with Crippen LogP contribution in [0, 0.1) is 5.92 Å². The number of rotatable bonds is 6. The van der Waals surface area contributed by atoms with Crippen LogP contribution in [0.25, 0.3) is 11.0 Å². The Morgan fingerprint density at radius 2 is 2.14 bits per heavy atom. The first kappa shape index (κ1) is 14.6. The maximum atomic E-state index is 6.09. The van der Waals surface area contributed by atoms with E-state index in [9.17, 15) is 0 Å². The van der Waals surface area contributed by atoms with E-state index in [1.807, 2.05) is 6.07 Å². The molecule has 2 atom stereocenters. The van der Waals surface area contributed by atoms with E-state index in [0.29, 0.717) is 12.0 Å². The minimum Gasteiger partial charge on any atom is -0.461 e. The molecular weight excluding hydrogens is 262 g/mol. The third-order valence-corrected chi connectivity index (χ3v) is 4.39. The van der Waals surface area contributed by atoms with Gasteiger partial charge in [0.2, 0.25) is 0 Å². The molecule has 1 fully saturated rings. The van der Waals surface area contributed by atoms with Gasteiger partial charge in [-0.2, -0.15) is 0 Å². The normalized spacial score (nSPS) is 20.2. The predicted octanol–water partition coefficient (Wildman–Crippen LogP) is 4.07. The van der Waals surface area contributed by atoms with Crippen LogP contribution in [0.1, 0.15) is 44.1 Å². The van der Waals surface area contributed by atoms with Gasteiger partial charge in [-0.05, 0) is 25.5 Å². The summed E-state index contributed by atoms with van der Waals surface area (Å²) in [7, 11) is 0. The van der Waals surface area contributed by atoms with Crippen molar-refractivity contribution in [3.8, 4) is 0 Å². The quantitative estimate of drug-likeness (QED) is 0.869. The van der Waals surface area contributed by atoms with Crippen molar-refractivity contribution in [1.29, 1.82) is 0 Å². The molecule has 114 valence electrons. The SMILES string of the molecule is CCCNC(c1c(CC)oc2ccccc12)C1CCOC1. The molecule has 1 aromatic carbocycles. The van der Waals surface area contributed by atoms with E-state index in [-0.39, 0.29) is 0 Å². The van der Waals surface area contributed by atoms with Crippen LogP contribution < -0.4 is 5.32 Å². The molecule has 0 radical (unpaired) electrons. The van der Waals surface area contributed by atoms with E-state index in [2.05, 4.69) is 37.4 Å². The van der Waals surface area contributed by atoms with Crippen LogP contribution >= 0.6 is 0 Å². The maximum absolute atomic E-state index is 6.09. The average molecular weight is 287 g/mol. The van der Waals surface area contributed by atoms with Gasteiger partial charge in [0.05, 0.1) is 6.61 Å². The van der Waals surface area contributed by atoms with E-state index < -0.39 is 0 Å². The number of furan rings is 1. The van der Waals surface area contributed by atoms with Crippen molar-refractivity contribution in [1.82, 2.24) is 5.32 Å². The highest BCUT2D eigenvalue weighted by Crippen LogP contribution is 2.37. The fourth-order valence-electron chi connectivity index (χ4n) is 3.34. The summed E-state index contributed by atoms with van der Waals surface area (Å²) >= 11 is 0. The number of hydrogen-bond donors (Lipinski definition) is 1. The molecular formula is C18H25NO2. The number of para-hydroxylation sites is 1. The first-order valence-electron chi connectivity index (χ1n) is 8.16. The minimum atomic E-state index is 0.339. The molecule has 0 saturated carbocycles. The van der Waals surface area contributed by atoms with Gasteiger partial charge in [0.15, 0.2) is 0 Å². The zero-order valence-corrected chi connectivity index (χ0v) is 13.0. The van der Waals surface area contributed by atoms with Crippen molar-refractivity contribution in [2.75, 3.05) is 19.8 Å². The summed E-state index contributed by atoms with van der Waals surface area (Å²) in [4.78, 5) is 0. The molecule has 3 rings (SSSR count). The molecule has 21 heavy (non-hydrogen) atoms. The second kappa shape index (κ2) is 6.63. The van der Waals surface area contributed by atoms with Crippen molar-refractivity contribution < 1.29 is 9.15 Å². The van der Waals surface area contributed by atoms with E-state index in [1.54, 1.807) is 0 Å². The summed E-state index contributed by atoms with van der Waals surface area (Å²) < 4.78 is 11.7. The van der Waals surface area contributed by atoms with Gasteiger partial charge in [0.25, 0.3) is 0 Å². The predicted molar refractivity (Wildman–Crippen MR) is 85.6 cm³/mol. The summed E-state index contributed by atoms with van der Waals surface area (Å²) in [5.74, 6) is 1.67. The molecule has 2 heterocycles. The molecule has 3 heteroatoms. The number of nitrogens with one attached hydrogen (secondary N) is 1. The summed E-state index contributed by atoms with van der Waals surface area (Å²) in [6.45, 7) is 7.15. The lowest BCUT2D eigenvalue weighted by Gasteiger charge is -2.24. The summed E-state index contributed by atoms with van der Waals surface area (Å²) in [6.07, 6.45) is 3.20. The molecule has 1 saturated heterocycles. The summed E-state index contributed by atoms with van der Waals surface area (Å²) in [5, 5.41) is 5.00. The molecule has 0 aliphatic carbocycles. The average Bonchev–Trinajstić information content (AvgIpc) is 3.16. The van der Waals surface area contributed by atoms with Crippen molar-refractivity contribution >= 4 is 11.0 Å². The minimum absolute atomic E-state index is 0.339. The fraction of sp³-hybridized carbons (Fsp3) is 0.556. The van der Waals surface area contributed by atoms with E-state index in [0.717, 1.165) is 50.4 Å². The lowest BCUT2D eigenvalue weighted by molar-refractivity contribution is 0.176. The molecule has 0 bridgehead atoms. The van der Waals surface area contributed by atoms with Crippen molar-refractivity contribution in [2.24, 2.45) is 5.92 Å². The van der Waals surface area contributed by atoms with Gasteiger partial charge in [-0.25, -0.2) is 0 Å². The van der Waals surface area contributed by atoms with Crippen LogP contribution in [0.2, 0.25) is 0 Å².